The molecule has 0 saturated carbocycles. The summed E-state index contributed by atoms with van der Waals surface area (Å²) in [7, 11) is 0. The Labute approximate surface area is 168 Å². The van der Waals surface area contributed by atoms with Crippen molar-refractivity contribution in [2.75, 3.05) is 18.8 Å². The lowest BCUT2D eigenvalue weighted by Crippen LogP contribution is -2.42. The standard InChI is InChI=1S/C20H26N4O3S/c1-3-13(2)24-19(27)15-6-4-5-7-16(15)22-20(24)28-12-17(25)23-10-8-14(9-11-23)18(21)26/h4-7,13-14H,3,8-12H2,1-2H3,(H2,21,26)/t13-/m1/s1. The van der Waals surface area contributed by atoms with E-state index < -0.39 is 0 Å². The van der Waals surface area contributed by atoms with Crippen LogP contribution in [0.25, 0.3) is 10.9 Å². The van der Waals surface area contributed by atoms with Crippen LogP contribution >= 0.6 is 11.8 Å². The van der Waals surface area contributed by atoms with Crippen LogP contribution in [0, 0.1) is 5.92 Å². The molecule has 1 aliphatic heterocycles. The fourth-order valence-corrected chi connectivity index (χ4v) is 4.43. The Bertz CT molecular complexity index is 935. The highest BCUT2D eigenvalue weighted by atomic mass is 32.2. The van der Waals surface area contributed by atoms with Gasteiger partial charge in [0.15, 0.2) is 5.16 Å². The van der Waals surface area contributed by atoms with Crippen molar-refractivity contribution in [1.29, 1.82) is 0 Å². The Hall–Kier alpha value is -2.35. The number of piperidine rings is 1. The van der Waals surface area contributed by atoms with Crippen molar-refractivity contribution >= 4 is 34.5 Å². The van der Waals surface area contributed by atoms with E-state index in [0.717, 1.165) is 6.42 Å². The molecular formula is C20H26N4O3S. The van der Waals surface area contributed by atoms with Gasteiger partial charge >= 0.3 is 0 Å². The number of hydrogen-bond donors (Lipinski definition) is 1. The van der Waals surface area contributed by atoms with Crippen LogP contribution in [0.2, 0.25) is 0 Å². The summed E-state index contributed by atoms with van der Waals surface area (Å²) >= 11 is 1.30. The molecule has 2 amide bonds. The Kier molecular flexibility index (Phi) is 6.39. The van der Waals surface area contributed by atoms with Gasteiger partial charge in [-0.3, -0.25) is 19.0 Å². The highest BCUT2D eigenvalue weighted by Gasteiger charge is 2.26. The van der Waals surface area contributed by atoms with Crippen LogP contribution < -0.4 is 11.3 Å². The zero-order valence-electron chi connectivity index (χ0n) is 16.3. The van der Waals surface area contributed by atoms with Gasteiger partial charge in [0.1, 0.15) is 0 Å². The zero-order valence-corrected chi connectivity index (χ0v) is 17.1. The molecule has 2 heterocycles. The first-order valence-electron chi connectivity index (χ1n) is 9.63. The molecule has 28 heavy (non-hydrogen) atoms. The average Bonchev–Trinajstić information content (AvgIpc) is 2.71. The highest BCUT2D eigenvalue weighted by molar-refractivity contribution is 7.99. The summed E-state index contributed by atoms with van der Waals surface area (Å²) in [5.74, 6) is -0.234. The Morgan fingerprint density at radius 3 is 2.61 bits per heavy atom. The molecule has 0 aliphatic carbocycles. The molecular weight excluding hydrogens is 376 g/mol. The maximum atomic E-state index is 13.0. The summed E-state index contributed by atoms with van der Waals surface area (Å²) in [5, 5.41) is 1.16. The van der Waals surface area contributed by atoms with Crippen molar-refractivity contribution in [3.63, 3.8) is 0 Å². The van der Waals surface area contributed by atoms with Crippen molar-refractivity contribution in [2.24, 2.45) is 11.7 Å². The van der Waals surface area contributed by atoms with Gasteiger partial charge in [-0.25, -0.2) is 4.98 Å². The monoisotopic (exact) mass is 402 g/mol. The van der Waals surface area contributed by atoms with Crippen molar-refractivity contribution in [3.05, 3.63) is 34.6 Å². The number of nitrogens with zero attached hydrogens (tertiary/aromatic N) is 3. The number of nitrogens with two attached hydrogens (primary N) is 1. The van der Waals surface area contributed by atoms with E-state index in [4.69, 9.17) is 5.73 Å². The summed E-state index contributed by atoms with van der Waals surface area (Å²) in [5.41, 5.74) is 5.92. The Morgan fingerprint density at radius 1 is 1.29 bits per heavy atom. The number of para-hydroxylation sites is 1. The van der Waals surface area contributed by atoms with Gasteiger partial charge in [0.05, 0.1) is 16.7 Å². The second kappa shape index (κ2) is 8.77. The molecule has 0 radical (unpaired) electrons. The van der Waals surface area contributed by atoms with Crippen molar-refractivity contribution in [2.45, 2.75) is 44.3 Å². The molecule has 0 unspecified atom stereocenters. The molecule has 1 aliphatic rings. The molecule has 8 heteroatoms. The largest absolute Gasteiger partial charge is 0.369 e. The minimum Gasteiger partial charge on any atom is -0.369 e. The number of fused-ring (bicyclic) bond motifs is 1. The molecule has 7 nitrogen and oxygen atoms in total. The van der Waals surface area contributed by atoms with E-state index in [2.05, 4.69) is 4.98 Å². The number of thioether (sulfide) groups is 1. The summed E-state index contributed by atoms with van der Waals surface area (Å²) in [6.45, 7) is 5.08. The van der Waals surface area contributed by atoms with Gasteiger partial charge in [0, 0.05) is 25.0 Å². The molecule has 2 aromatic rings. The predicted molar refractivity (Wildman–Crippen MR) is 110 cm³/mol. The maximum absolute atomic E-state index is 13.0. The van der Waals surface area contributed by atoms with Gasteiger partial charge in [-0.2, -0.15) is 0 Å². The number of carbonyl (C=O) groups is 2. The zero-order chi connectivity index (χ0) is 20.3. The van der Waals surface area contributed by atoms with Gasteiger partial charge in [-0.05, 0) is 38.3 Å². The number of primary amides is 1. The minimum absolute atomic E-state index is 0.00600. The number of hydrogen-bond acceptors (Lipinski definition) is 5. The minimum atomic E-state index is -0.292. The number of aromatic nitrogens is 2. The molecule has 1 atom stereocenters. The number of amides is 2. The summed E-state index contributed by atoms with van der Waals surface area (Å²) < 4.78 is 1.69. The Morgan fingerprint density at radius 2 is 1.96 bits per heavy atom. The third-order valence-corrected chi connectivity index (χ3v) is 6.32. The first-order chi connectivity index (χ1) is 13.4. The molecule has 1 saturated heterocycles. The second-order valence-electron chi connectivity index (χ2n) is 7.19. The predicted octanol–water partition coefficient (Wildman–Crippen LogP) is 2.18. The van der Waals surface area contributed by atoms with E-state index in [1.54, 1.807) is 15.5 Å². The molecule has 0 bridgehead atoms. The van der Waals surface area contributed by atoms with E-state index in [0.29, 0.717) is 42.0 Å². The van der Waals surface area contributed by atoms with Crippen LogP contribution in [0.3, 0.4) is 0 Å². The number of rotatable bonds is 6. The van der Waals surface area contributed by atoms with Crippen molar-refractivity contribution < 1.29 is 9.59 Å². The van der Waals surface area contributed by atoms with Gasteiger partial charge in [-0.15, -0.1) is 0 Å². The second-order valence-corrected chi connectivity index (χ2v) is 8.13. The van der Waals surface area contributed by atoms with E-state index in [1.165, 1.54) is 11.8 Å². The molecule has 1 aromatic carbocycles. The van der Waals surface area contributed by atoms with E-state index >= 15 is 0 Å². The third kappa shape index (κ3) is 4.22. The van der Waals surface area contributed by atoms with Crippen LogP contribution in [0.5, 0.6) is 0 Å². The fourth-order valence-electron chi connectivity index (χ4n) is 3.43. The highest BCUT2D eigenvalue weighted by Crippen LogP contribution is 2.24. The molecule has 150 valence electrons. The SMILES string of the molecule is CC[C@@H](C)n1c(SCC(=O)N2CCC(C(N)=O)CC2)nc2ccccc2c1=O. The van der Waals surface area contributed by atoms with Crippen molar-refractivity contribution in [1.82, 2.24) is 14.5 Å². The summed E-state index contributed by atoms with van der Waals surface area (Å²) in [6, 6.07) is 7.28. The average molecular weight is 403 g/mol. The van der Waals surface area contributed by atoms with Crippen LogP contribution in [0.1, 0.15) is 39.2 Å². The quantitative estimate of drug-likeness (QED) is 0.590. The summed E-state index contributed by atoms with van der Waals surface area (Å²) in [6.07, 6.45) is 2.01. The Balaban J connectivity index is 1.77. The number of likely N-dealkylation sites (tertiary alicyclic amines) is 1. The molecule has 1 fully saturated rings. The maximum Gasteiger partial charge on any atom is 0.262 e. The van der Waals surface area contributed by atoms with Crippen LogP contribution in [0.4, 0.5) is 0 Å². The van der Waals surface area contributed by atoms with Crippen LogP contribution in [-0.4, -0.2) is 45.1 Å². The van der Waals surface area contributed by atoms with Gasteiger partial charge < -0.3 is 10.6 Å². The lowest BCUT2D eigenvalue weighted by Gasteiger charge is -2.30. The smallest absolute Gasteiger partial charge is 0.262 e. The lowest BCUT2D eigenvalue weighted by molar-refractivity contribution is -0.132. The molecule has 1 aromatic heterocycles. The first-order valence-corrected chi connectivity index (χ1v) is 10.6. The number of benzene rings is 1. The summed E-state index contributed by atoms with van der Waals surface area (Å²) in [4.78, 5) is 43.3. The molecule has 2 N–H and O–H groups in total. The first kappa shape index (κ1) is 20.4. The van der Waals surface area contributed by atoms with Gasteiger partial charge in [0.25, 0.3) is 5.56 Å². The normalized spacial score (nSPS) is 16.3. The third-order valence-electron chi connectivity index (χ3n) is 5.38. The van der Waals surface area contributed by atoms with Crippen LogP contribution in [-0.2, 0) is 9.59 Å². The fraction of sp³-hybridized carbons (Fsp3) is 0.500. The molecule has 3 rings (SSSR count). The lowest BCUT2D eigenvalue weighted by atomic mass is 9.96. The topological polar surface area (TPSA) is 98.3 Å². The van der Waals surface area contributed by atoms with E-state index in [1.807, 2.05) is 32.0 Å². The van der Waals surface area contributed by atoms with E-state index in [9.17, 15) is 14.4 Å². The van der Waals surface area contributed by atoms with Crippen LogP contribution in [0.15, 0.2) is 34.2 Å². The van der Waals surface area contributed by atoms with Gasteiger partial charge in [-0.1, -0.05) is 30.8 Å². The molecule has 0 spiro atoms. The number of carbonyl (C=O) groups excluding carboxylic acids is 2. The van der Waals surface area contributed by atoms with E-state index in [-0.39, 0.29) is 35.1 Å². The van der Waals surface area contributed by atoms with Crippen molar-refractivity contribution in [3.8, 4) is 0 Å². The van der Waals surface area contributed by atoms with Gasteiger partial charge in [0.2, 0.25) is 11.8 Å².